The normalized spacial score (nSPS) is 13.4. The number of nitrogens with zero attached hydrogens (tertiary/aromatic N) is 2. The highest BCUT2D eigenvalue weighted by atomic mass is 16.5. The van der Waals surface area contributed by atoms with Gasteiger partial charge in [-0.05, 0) is 61.4 Å². The maximum Gasteiger partial charge on any atom is 0.337 e. The monoisotopic (exact) mass is 638 g/mol. The van der Waals surface area contributed by atoms with Crippen molar-refractivity contribution < 1.29 is 43.0 Å². The predicted molar refractivity (Wildman–Crippen MR) is 172 cm³/mol. The number of aromatic nitrogens is 1. The highest BCUT2D eigenvalue weighted by molar-refractivity contribution is 5.89. The summed E-state index contributed by atoms with van der Waals surface area (Å²) in [4.78, 5) is 55.4. The predicted octanol–water partition coefficient (Wildman–Crippen LogP) is 6.53. The van der Waals surface area contributed by atoms with E-state index in [0.717, 1.165) is 10.9 Å². The maximum atomic E-state index is 13.9. The summed E-state index contributed by atoms with van der Waals surface area (Å²) in [5, 5.41) is 19.9. The van der Waals surface area contributed by atoms with Crippen molar-refractivity contribution in [3.8, 4) is 0 Å². The van der Waals surface area contributed by atoms with E-state index >= 15 is 0 Å². The van der Waals surface area contributed by atoms with Crippen molar-refractivity contribution in [1.29, 1.82) is 0 Å². The van der Waals surface area contributed by atoms with E-state index in [1.165, 1.54) is 12.0 Å². The van der Waals surface area contributed by atoms with Gasteiger partial charge in [-0.3, -0.25) is 14.4 Å². The second kappa shape index (κ2) is 14.6. The molecule has 2 unspecified atom stereocenters. The number of methoxy groups -OCH3 is 1. The first kappa shape index (κ1) is 32.7. The van der Waals surface area contributed by atoms with Crippen LogP contribution in [0.4, 0.5) is 0 Å². The van der Waals surface area contributed by atoms with Gasteiger partial charge in [0.2, 0.25) is 11.8 Å². The highest BCUT2D eigenvalue weighted by Gasteiger charge is 2.33. The molecule has 0 radical (unpaired) electrons. The van der Waals surface area contributed by atoms with Gasteiger partial charge in [-0.1, -0.05) is 48.5 Å². The molecule has 3 atom stereocenters. The fourth-order valence-electron chi connectivity index (χ4n) is 5.62. The van der Waals surface area contributed by atoms with E-state index in [0.29, 0.717) is 40.3 Å². The molecule has 2 heterocycles. The number of hydrogen-bond donors (Lipinski definition) is 2. The SMILES string of the molecule is COC(=O)c1ccc(C(CC=Cc2nc3ccccc3o2)C(C)N(Cc2cc3ccccc3o2)C(=O)C[C@H](CC(=O)O)C(=O)O)cc1. The minimum atomic E-state index is -1.41. The lowest BCUT2D eigenvalue weighted by atomic mass is 9.87. The Morgan fingerprint density at radius 2 is 1.62 bits per heavy atom. The van der Waals surface area contributed by atoms with Crippen molar-refractivity contribution in [1.82, 2.24) is 9.88 Å². The van der Waals surface area contributed by atoms with E-state index in [1.807, 2.05) is 67.6 Å². The number of furan rings is 1. The first-order valence-electron chi connectivity index (χ1n) is 15.0. The third-order valence-corrected chi connectivity index (χ3v) is 8.11. The summed E-state index contributed by atoms with van der Waals surface area (Å²) in [5.41, 5.74) is 3.15. The highest BCUT2D eigenvalue weighted by Crippen LogP contribution is 2.32. The molecular weight excluding hydrogens is 604 g/mol. The molecule has 11 nitrogen and oxygen atoms in total. The van der Waals surface area contributed by atoms with Crippen LogP contribution in [0.1, 0.15) is 59.7 Å². The van der Waals surface area contributed by atoms with Crippen LogP contribution in [0.3, 0.4) is 0 Å². The van der Waals surface area contributed by atoms with E-state index in [9.17, 15) is 29.4 Å². The van der Waals surface area contributed by atoms with Gasteiger partial charge < -0.3 is 28.7 Å². The number of rotatable bonds is 14. The Hall–Kier alpha value is -5.71. The number of carboxylic acids is 2. The molecule has 2 N–H and O–H groups in total. The molecule has 0 fully saturated rings. The molecule has 0 spiro atoms. The second-order valence-electron chi connectivity index (χ2n) is 11.2. The molecule has 242 valence electrons. The number of carbonyl (C=O) groups excluding carboxylic acids is 2. The van der Waals surface area contributed by atoms with Gasteiger partial charge in [-0.2, -0.15) is 0 Å². The maximum absolute atomic E-state index is 13.9. The molecule has 3 aromatic carbocycles. The summed E-state index contributed by atoms with van der Waals surface area (Å²) in [5.74, 6) is -4.59. The number of carbonyl (C=O) groups is 4. The quantitative estimate of drug-likeness (QED) is 0.128. The number of amides is 1. The average Bonchev–Trinajstić information content (AvgIpc) is 3.68. The molecule has 0 saturated heterocycles. The molecule has 0 bridgehead atoms. The zero-order valence-electron chi connectivity index (χ0n) is 25.9. The molecular formula is C36H34N2O9. The Balaban J connectivity index is 1.50. The molecule has 0 aliphatic carbocycles. The Morgan fingerprint density at radius 3 is 2.28 bits per heavy atom. The Bertz CT molecular complexity index is 1860. The molecule has 5 rings (SSSR count). The lowest BCUT2D eigenvalue weighted by Gasteiger charge is -2.35. The number of allylic oxidation sites excluding steroid dienone is 1. The number of oxazole rings is 1. The van der Waals surface area contributed by atoms with Gasteiger partial charge in [0.25, 0.3) is 0 Å². The number of esters is 1. The van der Waals surface area contributed by atoms with Crippen molar-refractivity contribution in [2.45, 2.75) is 44.7 Å². The number of carboxylic acid groups (broad SMARTS) is 2. The molecule has 0 aliphatic rings. The smallest absolute Gasteiger partial charge is 0.337 e. The minimum absolute atomic E-state index is 0.0136. The summed E-state index contributed by atoms with van der Waals surface area (Å²) in [6, 6.07) is 22.9. The summed E-state index contributed by atoms with van der Waals surface area (Å²) >= 11 is 0. The van der Waals surface area contributed by atoms with Crippen LogP contribution >= 0.6 is 0 Å². The van der Waals surface area contributed by atoms with Crippen LogP contribution in [0.5, 0.6) is 0 Å². The van der Waals surface area contributed by atoms with Gasteiger partial charge >= 0.3 is 17.9 Å². The topological polar surface area (TPSA) is 160 Å². The average molecular weight is 639 g/mol. The number of hydrogen-bond acceptors (Lipinski definition) is 8. The summed E-state index contributed by atoms with van der Waals surface area (Å²) in [6.07, 6.45) is 2.83. The molecule has 0 aliphatic heterocycles. The van der Waals surface area contributed by atoms with E-state index in [4.69, 9.17) is 13.6 Å². The van der Waals surface area contributed by atoms with Gasteiger partial charge in [0, 0.05) is 23.8 Å². The van der Waals surface area contributed by atoms with Crippen LogP contribution in [-0.2, 0) is 25.7 Å². The van der Waals surface area contributed by atoms with Crippen LogP contribution in [0.2, 0.25) is 0 Å². The number of ether oxygens (including phenoxy) is 1. The molecule has 1 amide bonds. The zero-order chi connectivity index (χ0) is 33.5. The third-order valence-electron chi connectivity index (χ3n) is 8.11. The summed E-state index contributed by atoms with van der Waals surface area (Å²) < 4.78 is 16.7. The van der Waals surface area contributed by atoms with E-state index in [1.54, 1.807) is 30.3 Å². The van der Waals surface area contributed by atoms with Crippen LogP contribution in [-0.4, -0.2) is 57.1 Å². The van der Waals surface area contributed by atoms with Crippen molar-refractivity contribution >= 4 is 52.0 Å². The first-order valence-corrected chi connectivity index (χ1v) is 15.0. The zero-order valence-corrected chi connectivity index (χ0v) is 25.9. The summed E-state index contributed by atoms with van der Waals surface area (Å²) in [7, 11) is 1.30. The van der Waals surface area contributed by atoms with E-state index in [-0.39, 0.29) is 12.5 Å². The van der Waals surface area contributed by atoms with Gasteiger partial charge in [-0.25, -0.2) is 9.78 Å². The lowest BCUT2D eigenvalue weighted by Crippen LogP contribution is -2.43. The van der Waals surface area contributed by atoms with Gasteiger partial charge in [0.15, 0.2) is 5.58 Å². The molecule has 5 aromatic rings. The van der Waals surface area contributed by atoms with E-state index in [2.05, 4.69) is 4.98 Å². The largest absolute Gasteiger partial charge is 0.481 e. The fraction of sp³-hybridized carbons (Fsp3) is 0.250. The number of para-hydroxylation sites is 3. The van der Waals surface area contributed by atoms with Crippen molar-refractivity contribution in [3.05, 3.63) is 108 Å². The molecule has 47 heavy (non-hydrogen) atoms. The Kier molecular flexibility index (Phi) is 10.1. The number of fused-ring (bicyclic) bond motifs is 2. The van der Waals surface area contributed by atoms with Gasteiger partial charge in [0.05, 0.1) is 31.6 Å². The lowest BCUT2D eigenvalue weighted by molar-refractivity contribution is -0.151. The summed E-state index contributed by atoms with van der Waals surface area (Å²) in [6.45, 7) is 1.86. The Morgan fingerprint density at radius 1 is 0.915 bits per heavy atom. The standard InChI is InChI=1S/C36H34N2O9/c1-22(38(33(39)19-26(35(42)43)20-34(40)41)21-27-18-25-8-3-5-11-30(25)46-27)28(23-14-16-24(17-15-23)36(44)45-2)9-7-13-32-37-29-10-4-6-12-31(29)47-32/h3-8,10-18,22,26,28H,9,19-21H2,1-2H3,(H,40,41)(H,42,43)/t22?,26-,28?/m1/s1. The van der Waals surface area contributed by atoms with Gasteiger partial charge in [-0.15, -0.1) is 0 Å². The number of benzene rings is 3. The van der Waals surface area contributed by atoms with Crippen molar-refractivity contribution in [3.63, 3.8) is 0 Å². The molecule has 11 heteroatoms. The van der Waals surface area contributed by atoms with Crippen LogP contribution in [0.25, 0.3) is 28.1 Å². The Labute approximate surface area is 270 Å². The first-order chi connectivity index (χ1) is 22.6. The van der Waals surface area contributed by atoms with Crippen LogP contribution < -0.4 is 0 Å². The molecule has 2 aromatic heterocycles. The third kappa shape index (κ3) is 7.93. The molecule has 0 saturated carbocycles. The second-order valence-corrected chi connectivity index (χ2v) is 11.2. The minimum Gasteiger partial charge on any atom is -0.481 e. The van der Waals surface area contributed by atoms with Gasteiger partial charge in [0.1, 0.15) is 16.9 Å². The van der Waals surface area contributed by atoms with Crippen LogP contribution in [0, 0.1) is 5.92 Å². The van der Waals surface area contributed by atoms with Crippen molar-refractivity contribution in [2.24, 2.45) is 5.92 Å². The fourth-order valence-corrected chi connectivity index (χ4v) is 5.62. The number of aliphatic carboxylic acids is 2. The van der Waals surface area contributed by atoms with Crippen LogP contribution in [0.15, 0.2) is 93.8 Å². The van der Waals surface area contributed by atoms with E-state index < -0.39 is 48.6 Å². The van der Waals surface area contributed by atoms with Crippen molar-refractivity contribution in [2.75, 3.05) is 7.11 Å².